The van der Waals surface area contributed by atoms with Gasteiger partial charge in [-0.25, -0.2) is 0 Å². The molecule has 0 unspecified atom stereocenters. The van der Waals surface area contributed by atoms with E-state index in [1.54, 1.807) is 33.8 Å². The first-order valence-corrected chi connectivity index (χ1v) is 10.3. The van der Waals surface area contributed by atoms with Crippen molar-refractivity contribution in [2.45, 2.75) is 13.3 Å². The van der Waals surface area contributed by atoms with Crippen LogP contribution in [0.25, 0.3) is 5.69 Å². The molecule has 1 aliphatic heterocycles. The quantitative estimate of drug-likeness (QED) is 0.540. The van der Waals surface area contributed by atoms with Crippen molar-refractivity contribution in [3.8, 4) is 11.4 Å². The second-order valence-electron chi connectivity index (χ2n) is 7.18. The maximum Gasteiger partial charge on any atom is 0.260 e. The molecule has 0 N–H and O–H groups in total. The Morgan fingerprint density at radius 3 is 2.35 bits per heavy atom. The maximum absolute atomic E-state index is 12.6. The van der Waals surface area contributed by atoms with E-state index < -0.39 is 0 Å². The Balaban J connectivity index is 1.30. The fraction of sp³-hybridized carbons (Fsp3) is 0.318. The van der Waals surface area contributed by atoms with Gasteiger partial charge in [0.05, 0.1) is 5.69 Å². The zero-order valence-electron chi connectivity index (χ0n) is 17.3. The van der Waals surface area contributed by atoms with Crippen LogP contribution in [0.5, 0.6) is 5.75 Å². The van der Waals surface area contributed by atoms with Gasteiger partial charge in [0.2, 0.25) is 5.95 Å². The summed E-state index contributed by atoms with van der Waals surface area (Å²) < 4.78 is 7.31. The minimum atomic E-state index is -0.0731. The third kappa shape index (κ3) is 4.71. The number of tetrazole rings is 1. The van der Waals surface area contributed by atoms with E-state index in [2.05, 4.69) is 20.4 Å². The van der Waals surface area contributed by atoms with Gasteiger partial charge >= 0.3 is 0 Å². The highest BCUT2D eigenvalue weighted by atomic mass is 16.5. The first-order valence-electron chi connectivity index (χ1n) is 10.3. The molecule has 160 valence electrons. The molecule has 0 atom stereocenters. The van der Waals surface area contributed by atoms with Gasteiger partial charge in [-0.2, -0.15) is 4.68 Å². The van der Waals surface area contributed by atoms with E-state index in [1.165, 1.54) is 0 Å². The highest BCUT2D eigenvalue weighted by Crippen LogP contribution is 2.18. The Labute approximate surface area is 180 Å². The van der Waals surface area contributed by atoms with Crippen molar-refractivity contribution in [1.82, 2.24) is 25.1 Å². The number of carbonyl (C=O) groups is 2. The largest absolute Gasteiger partial charge is 0.484 e. The molecule has 2 aromatic carbocycles. The summed E-state index contributed by atoms with van der Waals surface area (Å²) in [4.78, 5) is 28.1. The highest BCUT2D eigenvalue weighted by molar-refractivity contribution is 5.95. The number of ketones is 1. The van der Waals surface area contributed by atoms with Crippen LogP contribution in [0.1, 0.15) is 23.7 Å². The van der Waals surface area contributed by atoms with Gasteiger partial charge in [-0.3, -0.25) is 9.59 Å². The Morgan fingerprint density at radius 1 is 0.968 bits per heavy atom. The summed E-state index contributed by atoms with van der Waals surface area (Å²) in [5.41, 5.74) is 1.54. The summed E-state index contributed by atoms with van der Waals surface area (Å²) >= 11 is 0. The van der Waals surface area contributed by atoms with Crippen LogP contribution in [0.4, 0.5) is 5.95 Å². The minimum Gasteiger partial charge on any atom is -0.484 e. The third-order valence-corrected chi connectivity index (χ3v) is 5.23. The van der Waals surface area contributed by atoms with E-state index in [0.29, 0.717) is 49.9 Å². The fourth-order valence-corrected chi connectivity index (χ4v) is 3.45. The molecule has 0 radical (unpaired) electrons. The molecular formula is C22H24N6O3. The number of hydrogen-bond acceptors (Lipinski definition) is 7. The fourth-order valence-electron chi connectivity index (χ4n) is 3.45. The molecule has 3 aromatic rings. The van der Waals surface area contributed by atoms with Gasteiger partial charge in [-0.15, -0.1) is 0 Å². The number of anilines is 1. The lowest BCUT2D eigenvalue weighted by Gasteiger charge is -2.34. The van der Waals surface area contributed by atoms with E-state index in [-0.39, 0.29) is 18.3 Å². The van der Waals surface area contributed by atoms with Crippen molar-refractivity contribution in [1.29, 1.82) is 0 Å². The topological polar surface area (TPSA) is 93.5 Å². The van der Waals surface area contributed by atoms with E-state index in [9.17, 15) is 9.59 Å². The number of hydrogen-bond donors (Lipinski definition) is 0. The highest BCUT2D eigenvalue weighted by Gasteiger charge is 2.25. The number of para-hydroxylation sites is 1. The summed E-state index contributed by atoms with van der Waals surface area (Å²) in [6.45, 7) is 4.18. The van der Waals surface area contributed by atoms with Gasteiger partial charge in [0.1, 0.15) is 5.75 Å². The summed E-state index contributed by atoms with van der Waals surface area (Å²) in [7, 11) is 0. The van der Waals surface area contributed by atoms with Gasteiger partial charge < -0.3 is 14.5 Å². The zero-order chi connectivity index (χ0) is 21.6. The number of nitrogens with zero attached hydrogens (tertiary/aromatic N) is 6. The molecule has 1 saturated heterocycles. The minimum absolute atomic E-state index is 0.0389. The van der Waals surface area contributed by atoms with Gasteiger partial charge in [0.15, 0.2) is 12.4 Å². The van der Waals surface area contributed by atoms with Crippen LogP contribution in [0.2, 0.25) is 0 Å². The molecule has 9 heteroatoms. The Bertz CT molecular complexity index is 1030. The molecule has 4 rings (SSSR count). The SMILES string of the molecule is CCC(=O)c1ccc(OCC(=O)N2CCN(c3nnnn3-c3ccccc3)CC2)cc1. The number of carbonyl (C=O) groups excluding carboxylic acids is 2. The van der Waals surface area contributed by atoms with E-state index in [4.69, 9.17) is 4.74 Å². The van der Waals surface area contributed by atoms with Crippen molar-refractivity contribution < 1.29 is 14.3 Å². The van der Waals surface area contributed by atoms with Gasteiger partial charge in [-0.05, 0) is 46.8 Å². The Morgan fingerprint density at radius 2 is 1.68 bits per heavy atom. The Hall–Kier alpha value is -3.75. The molecule has 1 aliphatic rings. The number of Topliss-reactive ketones (excluding diaryl/α,β-unsaturated/α-hetero) is 1. The number of benzene rings is 2. The maximum atomic E-state index is 12.6. The smallest absolute Gasteiger partial charge is 0.260 e. The summed E-state index contributed by atoms with van der Waals surface area (Å²) in [5.74, 6) is 1.24. The number of rotatable bonds is 7. The molecule has 0 aliphatic carbocycles. The lowest BCUT2D eigenvalue weighted by Crippen LogP contribution is -2.50. The predicted octanol–water partition coefficient (Wildman–Crippen LogP) is 1.98. The summed E-state index contributed by atoms with van der Waals surface area (Å²) in [6.07, 6.45) is 0.461. The van der Waals surface area contributed by atoms with Crippen LogP contribution in [0.3, 0.4) is 0 Å². The van der Waals surface area contributed by atoms with Crippen molar-refractivity contribution in [3.63, 3.8) is 0 Å². The lowest BCUT2D eigenvalue weighted by atomic mass is 10.1. The monoisotopic (exact) mass is 420 g/mol. The van der Waals surface area contributed by atoms with E-state index in [1.807, 2.05) is 37.3 Å². The molecule has 0 spiro atoms. The molecule has 31 heavy (non-hydrogen) atoms. The van der Waals surface area contributed by atoms with Crippen LogP contribution in [0.15, 0.2) is 54.6 Å². The number of amides is 1. The first kappa shape index (κ1) is 20.5. The number of aromatic nitrogens is 4. The average Bonchev–Trinajstić information content (AvgIpc) is 3.33. The molecule has 9 nitrogen and oxygen atoms in total. The molecule has 1 fully saturated rings. The lowest BCUT2D eigenvalue weighted by molar-refractivity contribution is -0.133. The Kier molecular flexibility index (Phi) is 6.21. The van der Waals surface area contributed by atoms with Crippen LogP contribution >= 0.6 is 0 Å². The summed E-state index contributed by atoms with van der Waals surface area (Å²) in [6, 6.07) is 16.6. The second-order valence-corrected chi connectivity index (χ2v) is 7.18. The molecule has 0 saturated carbocycles. The molecular weight excluding hydrogens is 396 g/mol. The zero-order valence-corrected chi connectivity index (χ0v) is 17.3. The van der Waals surface area contributed by atoms with Gasteiger partial charge in [0, 0.05) is 38.2 Å². The summed E-state index contributed by atoms with van der Waals surface area (Å²) in [5, 5.41) is 12.1. The number of piperazine rings is 1. The number of ether oxygens (including phenoxy) is 1. The van der Waals surface area contributed by atoms with Gasteiger partial charge in [-0.1, -0.05) is 30.2 Å². The first-order chi connectivity index (χ1) is 15.2. The van der Waals surface area contributed by atoms with Crippen molar-refractivity contribution in [2.75, 3.05) is 37.7 Å². The van der Waals surface area contributed by atoms with E-state index in [0.717, 1.165) is 5.69 Å². The predicted molar refractivity (Wildman–Crippen MR) is 115 cm³/mol. The molecule has 1 amide bonds. The van der Waals surface area contributed by atoms with Crippen LogP contribution < -0.4 is 9.64 Å². The van der Waals surface area contributed by atoms with Crippen LogP contribution in [0, 0.1) is 0 Å². The van der Waals surface area contributed by atoms with Crippen molar-refractivity contribution in [2.24, 2.45) is 0 Å². The normalized spacial score (nSPS) is 13.8. The molecule has 1 aromatic heterocycles. The van der Waals surface area contributed by atoms with Crippen molar-refractivity contribution >= 4 is 17.6 Å². The van der Waals surface area contributed by atoms with Crippen molar-refractivity contribution in [3.05, 3.63) is 60.2 Å². The van der Waals surface area contributed by atoms with E-state index >= 15 is 0 Å². The van der Waals surface area contributed by atoms with Crippen LogP contribution in [-0.2, 0) is 4.79 Å². The van der Waals surface area contributed by atoms with Crippen LogP contribution in [-0.4, -0.2) is 69.6 Å². The average molecular weight is 420 g/mol. The molecule has 0 bridgehead atoms. The second kappa shape index (κ2) is 9.38. The standard InChI is InChI=1S/C22H24N6O3/c1-2-20(29)17-8-10-19(11-9-17)31-16-21(30)26-12-14-27(15-13-26)22-23-24-25-28(22)18-6-4-3-5-7-18/h3-11H,2,12-16H2,1H3. The third-order valence-electron chi connectivity index (χ3n) is 5.23. The van der Waals surface area contributed by atoms with Gasteiger partial charge in [0.25, 0.3) is 5.91 Å². The molecule has 2 heterocycles.